The molecule has 0 aliphatic rings. The molecule has 0 aromatic heterocycles. The summed E-state index contributed by atoms with van der Waals surface area (Å²) < 4.78 is 25.9. The molecule has 0 bridgehead atoms. The Hall–Kier alpha value is -0.920. The van der Waals surface area contributed by atoms with Crippen molar-refractivity contribution in [2.24, 2.45) is 0 Å². The second kappa shape index (κ2) is 4.54. The van der Waals surface area contributed by atoms with Gasteiger partial charge in [-0.15, -0.1) is 6.42 Å². The van der Waals surface area contributed by atoms with Gasteiger partial charge in [-0.2, -0.15) is 0 Å². The lowest BCUT2D eigenvalue weighted by Gasteiger charge is -2.12. The molecule has 14 heavy (non-hydrogen) atoms. The van der Waals surface area contributed by atoms with E-state index in [4.69, 9.17) is 6.42 Å². The summed E-state index contributed by atoms with van der Waals surface area (Å²) >= 11 is 2.96. The molecule has 0 aliphatic carbocycles. The molecule has 1 atom stereocenters. The van der Waals surface area contributed by atoms with E-state index in [2.05, 4.69) is 27.2 Å². The normalized spacial score (nSPS) is 12.2. The van der Waals surface area contributed by atoms with Crippen LogP contribution in [0.1, 0.15) is 11.6 Å². The summed E-state index contributed by atoms with van der Waals surface area (Å²) in [6.07, 6.45) is 5.22. The SMILES string of the molecule is C#CC(NC)c1ccc(F)c(F)c1Br. The topological polar surface area (TPSA) is 12.0 Å². The first kappa shape index (κ1) is 11.2. The second-order valence-electron chi connectivity index (χ2n) is 2.65. The number of hydrogen-bond donors (Lipinski definition) is 1. The zero-order valence-electron chi connectivity index (χ0n) is 7.44. The highest BCUT2D eigenvalue weighted by Crippen LogP contribution is 2.27. The molecular formula is C10H8BrF2N. The first-order valence-corrected chi connectivity index (χ1v) is 4.68. The van der Waals surface area contributed by atoms with Crippen molar-refractivity contribution in [3.05, 3.63) is 33.8 Å². The maximum Gasteiger partial charge on any atom is 0.173 e. The molecule has 0 fully saturated rings. The van der Waals surface area contributed by atoms with Crippen molar-refractivity contribution in [2.45, 2.75) is 6.04 Å². The molecule has 1 nitrogen and oxygen atoms in total. The fourth-order valence-electron chi connectivity index (χ4n) is 1.09. The van der Waals surface area contributed by atoms with E-state index in [1.165, 1.54) is 6.07 Å². The molecule has 74 valence electrons. The highest BCUT2D eigenvalue weighted by molar-refractivity contribution is 9.10. The van der Waals surface area contributed by atoms with E-state index in [0.29, 0.717) is 5.56 Å². The summed E-state index contributed by atoms with van der Waals surface area (Å²) in [6.45, 7) is 0. The van der Waals surface area contributed by atoms with Crippen LogP contribution >= 0.6 is 15.9 Å². The summed E-state index contributed by atoms with van der Waals surface area (Å²) in [7, 11) is 1.65. The van der Waals surface area contributed by atoms with Gasteiger partial charge in [0.25, 0.3) is 0 Å². The van der Waals surface area contributed by atoms with Crippen LogP contribution in [0.3, 0.4) is 0 Å². The van der Waals surface area contributed by atoms with Crippen LogP contribution in [0.25, 0.3) is 0 Å². The molecule has 1 aromatic rings. The fraction of sp³-hybridized carbons (Fsp3) is 0.200. The average molecular weight is 260 g/mol. The average Bonchev–Trinajstić information content (AvgIpc) is 2.19. The van der Waals surface area contributed by atoms with Crippen LogP contribution in [0.15, 0.2) is 16.6 Å². The van der Waals surface area contributed by atoms with Gasteiger partial charge in [0, 0.05) is 0 Å². The third-order valence-electron chi connectivity index (χ3n) is 1.83. The Balaban J connectivity index is 3.24. The zero-order chi connectivity index (χ0) is 10.7. The van der Waals surface area contributed by atoms with Crippen LogP contribution in [-0.4, -0.2) is 7.05 Å². The van der Waals surface area contributed by atoms with Crippen molar-refractivity contribution in [3.8, 4) is 12.3 Å². The predicted octanol–water partition coefficient (Wildman–Crippen LogP) is 2.62. The van der Waals surface area contributed by atoms with Crippen LogP contribution < -0.4 is 5.32 Å². The summed E-state index contributed by atoms with van der Waals surface area (Å²) in [6, 6.07) is 2.07. The van der Waals surface area contributed by atoms with E-state index in [-0.39, 0.29) is 4.47 Å². The Kier molecular flexibility index (Phi) is 3.62. The Labute approximate surface area is 89.6 Å². The second-order valence-corrected chi connectivity index (χ2v) is 3.45. The highest BCUT2D eigenvalue weighted by Gasteiger charge is 2.15. The van der Waals surface area contributed by atoms with Gasteiger partial charge in [-0.05, 0) is 34.6 Å². The van der Waals surface area contributed by atoms with Crippen LogP contribution in [0, 0.1) is 24.0 Å². The quantitative estimate of drug-likeness (QED) is 0.636. The van der Waals surface area contributed by atoms with E-state index in [0.717, 1.165) is 6.07 Å². The van der Waals surface area contributed by atoms with Gasteiger partial charge >= 0.3 is 0 Å². The number of hydrogen-bond acceptors (Lipinski definition) is 1. The van der Waals surface area contributed by atoms with E-state index in [1.54, 1.807) is 7.05 Å². The molecule has 0 aliphatic heterocycles. The van der Waals surface area contributed by atoms with E-state index in [9.17, 15) is 8.78 Å². The first-order chi connectivity index (χ1) is 6.61. The van der Waals surface area contributed by atoms with E-state index < -0.39 is 17.7 Å². The predicted molar refractivity (Wildman–Crippen MR) is 54.7 cm³/mol. The van der Waals surface area contributed by atoms with E-state index >= 15 is 0 Å². The molecule has 0 saturated carbocycles. The summed E-state index contributed by atoms with van der Waals surface area (Å²) in [5, 5.41) is 2.80. The maximum absolute atomic E-state index is 13.1. The Morgan fingerprint density at radius 3 is 2.64 bits per heavy atom. The molecule has 1 rings (SSSR count). The summed E-state index contributed by atoms with van der Waals surface area (Å²) in [5.41, 5.74) is 0.508. The van der Waals surface area contributed by atoms with Crippen molar-refractivity contribution >= 4 is 15.9 Å². The molecule has 0 saturated heterocycles. The summed E-state index contributed by atoms with van der Waals surface area (Å²) in [5.74, 6) is 0.611. The number of halogens is 3. The lowest BCUT2D eigenvalue weighted by Crippen LogP contribution is -2.15. The van der Waals surface area contributed by atoms with Gasteiger partial charge in [-0.1, -0.05) is 12.0 Å². The van der Waals surface area contributed by atoms with Gasteiger partial charge in [0.2, 0.25) is 0 Å². The van der Waals surface area contributed by atoms with Crippen molar-refractivity contribution in [3.63, 3.8) is 0 Å². The molecule has 0 amide bonds. The summed E-state index contributed by atoms with van der Waals surface area (Å²) in [4.78, 5) is 0. The lowest BCUT2D eigenvalue weighted by atomic mass is 10.1. The Morgan fingerprint density at radius 1 is 1.50 bits per heavy atom. The minimum Gasteiger partial charge on any atom is -0.303 e. The van der Waals surface area contributed by atoms with Gasteiger partial charge in [-0.25, -0.2) is 8.78 Å². The number of nitrogens with one attached hydrogen (secondary N) is 1. The molecular weight excluding hydrogens is 252 g/mol. The highest BCUT2D eigenvalue weighted by atomic mass is 79.9. The Bertz CT molecular complexity index is 384. The molecule has 4 heteroatoms. The first-order valence-electron chi connectivity index (χ1n) is 3.88. The lowest BCUT2D eigenvalue weighted by molar-refractivity contribution is 0.500. The molecule has 0 heterocycles. The monoisotopic (exact) mass is 259 g/mol. The molecule has 1 N–H and O–H groups in total. The minimum absolute atomic E-state index is 0.0646. The number of benzene rings is 1. The number of rotatable bonds is 2. The van der Waals surface area contributed by atoms with Crippen LogP contribution in [-0.2, 0) is 0 Å². The molecule has 0 spiro atoms. The minimum atomic E-state index is -0.919. The molecule has 1 unspecified atom stereocenters. The standard InChI is InChI=1S/C10H8BrF2N/c1-3-8(14-2)6-4-5-7(12)10(13)9(6)11/h1,4-5,8,14H,2H3. The maximum atomic E-state index is 13.1. The van der Waals surface area contributed by atoms with Crippen molar-refractivity contribution < 1.29 is 8.78 Å². The third kappa shape index (κ3) is 1.94. The van der Waals surface area contributed by atoms with Gasteiger partial charge < -0.3 is 5.32 Å². The van der Waals surface area contributed by atoms with Crippen LogP contribution in [0.2, 0.25) is 0 Å². The smallest absolute Gasteiger partial charge is 0.173 e. The van der Waals surface area contributed by atoms with Crippen LogP contribution in [0.4, 0.5) is 8.78 Å². The number of terminal acetylenes is 1. The molecule has 0 radical (unpaired) electrons. The fourth-order valence-corrected chi connectivity index (χ4v) is 1.64. The van der Waals surface area contributed by atoms with Crippen LogP contribution in [0.5, 0.6) is 0 Å². The van der Waals surface area contributed by atoms with Gasteiger partial charge in [0.1, 0.15) is 0 Å². The van der Waals surface area contributed by atoms with Gasteiger partial charge in [-0.3, -0.25) is 0 Å². The van der Waals surface area contributed by atoms with Gasteiger partial charge in [0.15, 0.2) is 11.6 Å². The Morgan fingerprint density at radius 2 is 2.14 bits per heavy atom. The van der Waals surface area contributed by atoms with Crippen molar-refractivity contribution in [1.29, 1.82) is 0 Å². The largest absolute Gasteiger partial charge is 0.303 e. The van der Waals surface area contributed by atoms with E-state index in [1.807, 2.05) is 0 Å². The molecule has 1 aromatic carbocycles. The van der Waals surface area contributed by atoms with Gasteiger partial charge in [0.05, 0.1) is 10.5 Å². The van der Waals surface area contributed by atoms with Crippen molar-refractivity contribution in [1.82, 2.24) is 5.32 Å². The van der Waals surface area contributed by atoms with Crippen molar-refractivity contribution in [2.75, 3.05) is 7.05 Å². The third-order valence-corrected chi connectivity index (χ3v) is 2.64. The zero-order valence-corrected chi connectivity index (χ0v) is 9.03.